The van der Waals surface area contributed by atoms with Crippen LogP contribution >= 0.6 is 11.6 Å². The van der Waals surface area contributed by atoms with Gasteiger partial charge in [0.15, 0.2) is 9.84 Å². The molecule has 7 heteroatoms. The summed E-state index contributed by atoms with van der Waals surface area (Å²) in [5.74, 6) is -0.320. The average molecular weight is 318 g/mol. The fourth-order valence-electron chi connectivity index (χ4n) is 1.88. The summed E-state index contributed by atoms with van der Waals surface area (Å²) in [4.78, 5) is 12.0. The molecule has 0 aromatic heterocycles. The molecule has 1 amide bonds. The van der Waals surface area contributed by atoms with Gasteiger partial charge in [0.05, 0.1) is 23.1 Å². The Morgan fingerprint density at radius 1 is 1.45 bits per heavy atom. The van der Waals surface area contributed by atoms with Crippen LogP contribution in [0.4, 0.5) is 0 Å². The van der Waals surface area contributed by atoms with Gasteiger partial charge in [-0.2, -0.15) is 0 Å². The molecule has 20 heavy (non-hydrogen) atoms. The monoisotopic (exact) mass is 317 g/mol. The number of ether oxygens (including phenoxy) is 1. The molecule has 5 nitrogen and oxygen atoms in total. The van der Waals surface area contributed by atoms with Crippen LogP contribution in [0.5, 0.6) is 0 Å². The highest BCUT2D eigenvalue weighted by Gasteiger charge is 2.33. The number of hydrogen-bond donors (Lipinski definition) is 1. The number of rotatable bonds is 4. The van der Waals surface area contributed by atoms with Crippen LogP contribution in [-0.4, -0.2) is 40.3 Å². The van der Waals surface area contributed by atoms with Crippen molar-refractivity contribution in [3.8, 4) is 0 Å². The highest BCUT2D eigenvalue weighted by atomic mass is 35.5. The first-order chi connectivity index (χ1) is 9.21. The van der Waals surface area contributed by atoms with Crippen molar-refractivity contribution in [2.24, 2.45) is 5.41 Å². The lowest BCUT2D eigenvalue weighted by Crippen LogP contribution is -2.48. The molecule has 0 bridgehead atoms. The molecule has 1 aliphatic rings. The molecule has 110 valence electrons. The van der Waals surface area contributed by atoms with Gasteiger partial charge in [0.1, 0.15) is 0 Å². The standard InChI is InChI=1S/C13H16ClNO4S/c1-13(7-19-8-13)6-15-12(16)9-3-4-10(14)11(5-9)20(2,17)18/h3-5H,6-8H2,1-2H3,(H,15,16). The first-order valence-corrected chi connectivity index (χ1v) is 8.34. The molecule has 1 aliphatic heterocycles. The van der Waals surface area contributed by atoms with E-state index in [0.29, 0.717) is 19.8 Å². The van der Waals surface area contributed by atoms with E-state index in [0.717, 1.165) is 6.26 Å². The van der Waals surface area contributed by atoms with E-state index in [1.165, 1.54) is 18.2 Å². The first kappa shape index (κ1) is 15.3. The minimum absolute atomic E-state index is 0.0370. The zero-order valence-corrected chi connectivity index (χ0v) is 12.8. The van der Waals surface area contributed by atoms with E-state index in [1.807, 2.05) is 6.92 Å². The lowest BCUT2D eigenvalue weighted by Gasteiger charge is -2.38. The number of amides is 1. The Labute approximate surface area is 123 Å². The summed E-state index contributed by atoms with van der Waals surface area (Å²) in [5.41, 5.74) is 0.237. The van der Waals surface area contributed by atoms with Crippen molar-refractivity contribution in [1.82, 2.24) is 5.32 Å². The van der Waals surface area contributed by atoms with Crippen molar-refractivity contribution < 1.29 is 17.9 Å². The summed E-state index contributed by atoms with van der Waals surface area (Å²) in [6, 6.07) is 4.22. The largest absolute Gasteiger partial charge is 0.380 e. The van der Waals surface area contributed by atoms with Crippen molar-refractivity contribution in [2.45, 2.75) is 11.8 Å². The predicted molar refractivity (Wildman–Crippen MR) is 75.8 cm³/mol. The van der Waals surface area contributed by atoms with Crippen molar-refractivity contribution in [1.29, 1.82) is 0 Å². The molecule has 1 saturated heterocycles. The summed E-state index contributed by atoms with van der Waals surface area (Å²) in [7, 11) is -3.46. The maximum Gasteiger partial charge on any atom is 0.251 e. The fraction of sp³-hybridized carbons (Fsp3) is 0.462. The molecule has 1 aromatic carbocycles. The van der Waals surface area contributed by atoms with Crippen LogP contribution in [-0.2, 0) is 14.6 Å². The number of halogens is 1. The lowest BCUT2D eigenvalue weighted by molar-refractivity contribution is -0.0978. The third-order valence-corrected chi connectivity index (χ3v) is 4.75. The highest BCUT2D eigenvalue weighted by molar-refractivity contribution is 7.90. The third kappa shape index (κ3) is 3.31. The second kappa shape index (κ2) is 5.35. The highest BCUT2D eigenvalue weighted by Crippen LogP contribution is 2.26. The van der Waals surface area contributed by atoms with Crippen molar-refractivity contribution in [3.05, 3.63) is 28.8 Å². The normalized spacial score (nSPS) is 17.4. The van der Waals surface area contributed by atoms with Crippen LogP contribution in [0.1, 0.15) is 17.3 Å². The van der Waals surface area contributed by atoms with E-state index in [1.54, 1.807) is 0 Å². The van der Waals surface area contributed by atoms with E-state index in [4.69, 9.17) is 16.3 Å². The summed E-state index contributed by atoms with van der Waals surface area (Å²) < 4.78 is 28.2. The summed E-state index contributed by atoms with van der Waals surface area (Å²) >= 11 is 5.84. The molecule has 0 radical (unpaired) electrons. The van der Waals surface area contributed by atoms with Crippen molar-refractivity contribution in [3.63, 3.8) is 0 Å². The van der Waals surface area contributed by atoms with E-state index in [-0.39, 0.29) is 26.8 Å². The molecule has 1 fully saturated rings. The van der Waals surface area contributed by atoms with Crippen molar-refractivity contribution in [2.75, 3.05) is 26.0 Å². The van der Waals surface area contributed by atoms with Crippen LogP contribution in [0.25, 0.3) is 0 Å². The van der Waals surface area contributed by atoms with Gasteiger partial charge in [-0.05, 0) is 18.2 Å². The quantitative estimate of drug-likeness (QED) is 0.913. The average Bonchev–Trinajstić information content (AvgIpc) is 2.32. The zero-order chi connectivity index (χ0) is 15.0. The van der Waals surface area contributed by atoms with E-state index in [9.17, 15) is 13.2 Å². The molecule has 0 aliphatic carbocycles. The molecular weight excluding hydrogens is 302 g/mol. The Balaban J connectivity index is 2.14. The third-order valence-electron chi connectivity index (χ3n) is 3.17. The Kier molecular flexibility index (Phi) is 4.09. The van der Waals surface area contributed by atoms with Gasteiger partial charge in [-0.1, -0.05) is 18.5 Å². The number of hydrogen-bond acceptors (Lipinski definition) is 4. The topological polar surface area (TPSA) is 72.5 Å². The molecule has 1 heterocycles. The maximum atomic E-state index is 12.0. The second-order valence-electron chi connectivity index (χ2n) is 5.40. The van der Waals surface area contributed by atoms with E-state index < -0.39 is 9.84 Å². The number of carbonyl (C=O) groups excluding carboxylic acids is 1. The first-order valence-electron chi connectivity index (χ1n) is 6.07. The van der Waals surface area contributed by atoms with Gasteiger partial charge < -0.3 is 10.1 Å². The van der Waals surface area contributed by atoms with E-state index in [2.05, 4.69) is 5.32 Å². The number of carbonyl (C=O) groups is 1. The van der Waals surface area contributed by atoms with Gasteiger partial charge in [-0.3, -0.25) is 4.79 Å². The zero-order valence-electron chi connectivity index (χ0n) is 11.3. The number of nitrogens with one attached hydrogen (secondary N) is 1. The second-order valence-corrected chi connectivity index (χ2v) is 7.79. The minimum atomic E-state index is -3.46. The number of benzene rings is 1. The van der Waals surface area contributed by atoms with Gasteiger partial charge in [-0.25, -0.2) is 8.42 Å². The summed E-state index contributed by atoms with van der Waals surface area (Å²) in [6.45, 7) is 3.73. The lowest BCUT2D eigenvalue weighted by atomic mass is 9.89. The molecule has 0 atom stereocenters. The molecule has 0 saturated carbocycles. The SMILES string of the molecule is CC1(CNC(=O)c2ccc(Cl)c(S(C)(=O)=O)c2)COC1. The number of sulfone groups is 1. The Bertz CT molecular complexity index is 638. The molecule has 0 unspecified atom stereocenters. The minimum Gasteiger partial charge on any atom is -0.380 e. The van der Waals surface area contributed by atoms with Crippen LogP contribution in [0.15, 0.2) is 23.1 Å². The maximum absolute atomic E-state index is 12.0. The van der Waals surface area contributed by atoms with Crippen LogP contribution in [0, 0.1) is 5.41 Å². The fourth-order valence-corrected chi connectivity index (χ4v) is 3.18. The van der Waals surface area contributed by atoms with Gasteiger partial charge >= 0.3 is 0 Å². The molecule has 1 N–H and O–H groups in total. The Morgan fingerprint density at radius 2 is 2.10 bits per heavy atom. The van der Waals surface area contributed by atoms with E-state index >= 15 is 0 Å². The smallest absolute Gasteiger partial charge is 0.251 e. The van der Waals surface area contributed by atoms with Gasteiger partial charge in [0.2, 0.25) is 0 Å². The molecule has 1 aromatic rings. The van der Waals surface area contributed by atoms with Gasteiger partial charge in [0.25, 0.3) is 5.91 Å². The van der Waals surface area contributed by atoms with Crippen molar-refractivity contribution >= 4 is 27.3 Å². The molecule has 2 rings (SSSR count). The van der Waals surface area contributed by atoms with Crippen LogP contribution < -0.4 is 5.32 Å². The van der Waals surface area contributed by atoms with Gasteiger partial charge in [-0.15, -0.1) is 0 Å². The summed E-state index contributed by atoms with van der Waals surface area (Å²) in [6.07, 6.45) is 1.06. The van der Waals surface area contributed by atoms with Gasteiger partial charge in [0, 0.05) is 23.8 Å². The predicted octanol–water partition coefficient (Wildman–Crippen LogP) is 1.51. The Morgan fingerprint density at radius 3 is 2.60 bits per heavy atom. The Hall–Kier alpha value is -1.11. The molecule has 0 spiro atoms. The van der Waals surface area contributed by atoms with Crippen LogP contribution in [0.2, 0.25) is 5.02 Å². The molecular formula is C13H16ClNO4S. The summed E-state index contributed by atoms with van der Waals surface area (Å²) in [5, 5.41) is 2.90. The van der Waals surface area contributed by atoms with Crippen LogP contribution in [0.3, 0.4) is 0 Å².